The van der Waals surface area contributed by atoms with Gasteiger partial charge in [-0.2, -0.15) is 0 Å². The Bertz CT molecular complexity index is 977. The number of nitrogens with one attached hydrogen (secondary N) is 2. The summed E-state index contributed by atoms with van der Waals surface area (Å²) in [4.78, 5) is 32.1. The topological polar surface area (TPSA) is 93.2 Å². The van der Waals surface area contributed by atoms with Crippen LogP contribution in [0.5, 0.6) is 0 Å². The van der Waals surface area contributed by atoms with Crippen LogP contribution in [0.1, 0.15) is 20.8 Å². The van der Waals surface area contributed by atoms with Crippen LogP contribution in [0, 0.1) is 0 Å². The minimum Gasteiger partial charge on any atom is -0.465 e. The van der Waals surface area contributed by atoms with Crippen LogP contribution < -0.4 is 10.6 Å². The molecule has 0 aliphatic heterocycles. The summed E-state index contributed by atoms with van der Waals surface area (Å²) in [7, 11) is 1.32. The fourth-order valence-corrected chi connectivity index (χ4v) is 2.45. The average Bonchev–Trinajstić information content (AvgIpc) is 2.68. The Morgan fingerprint density at radius 2 is 1.78 bits per heavy atom. The molecule has 0 spiro atoms. The summed E-state index contributed by atoms with van der Waals surface area (Å²) >= 11 is 5.90. The number of hydrogen-bond donors (Lipinski definition) is 2. The number of methoxy groups -OCH3 is 1. The zero-order chi connectivity index (χ0) is 19.2. The van der Waals surface area contributed by atoms with Gasteiger partial charge in [-0.05, 0) is 36.4 Å². The SMILES string of the molecule is COC(=O)c1cccc(Nc2cnc(C(=O)Nc3cccc(Cl)c3)cn2)c1. The molecule has 1 heterocycles. The number of ether oxygens (including phenoxy) is 1. The molecule has 27 heavy (non-hydrogen) atoms. The molecule has 1 amide bonds. The van der Waals surface area contributed by atoms with Gasteiger partial charge in [0.25, 0.3) is 5.91 Å². The second-order valence-electron chi connectivity index (χ2n) is 5.45. The van der Waals surface area contributed by atoms with E-state index in [1.807, 2.05) is 0 Å². The second kappa shape index (κ2) is 8.29. The van der Waals surface area contributed by atoms with Crippen LogP contribution in [0.4, 0.5) is 17.2 Å². The zero-order valence-corrected chi connectivity index (χ0v) is 15.0. The predicted molar refractivity (Wildman–Crippen MR) is 103 cm³/mol. The van der Waals surface area contributed by atoms with E-state index < -0.39 is 11.9 Å². The molecule has 0 radical (unpaired) electrons. The number of benzene rings is 2. The smallest absolute Gasteiger partial charge is 0.337 e. The lowest BCUT2D eigenvalue weighted by Gasteiger charge is -2.08. The van der Waals surface area contributed by atoms with E-state index in [1.54, 1.807) is 48.5 Å². The zero-order valence-electron chi connectivity index (χ0n) is 14.3. The Kier molecular flexibility index (Phi) is 5.63. The van der Waals surface area contributed by atoms with Crippen molar-refractivity contribution in [2.24, 2.45) is 0 Å². The van der Waals surface area contributed by atoms with E-state index in [2.05, 4.69) is 20.6 Å². The van der Waals surface area contributed by atoms with Crippen molar-refractivity contribution in [2.45, 2.75) is 0 Å². The summed E-state index contributed by atoms with van der Waals surface area (Å²) in [5, 5.41) is 6.23. The second-order valence-corrected chi connectivity index (χ2v) is 5.89. The fourth-order valence-electron chi connectivity index (χ4n) is 2.26. The van der Waals surface area contributed by atoms with Gasteiger partial charge >= 0.3 is 5.97 Å². The predicted octanol–water partition coefficient (Wildman–Crippen LogP) is 3.91. The van der Waals surface area contributed by atoms with Gasteiger partial charge in [0.05, 0.1) is 25.1 Å². The molecule has 0 saturated carbocycles. The maximum absolute atomic E-state index is 12.2. The number of nitrogens with zero attached hydrogens (tertiary/aromatic N) is 2. The number of carbonyl (C=O) groups excluding carboxylic acids is 2. The first kappa shape index (κ1) is 18.3. The molecule has 2 N–H and O–H groups in total. The van der Waals surface area contributed by atoms with Crippen LogP contribution in [0.15, 0.2) is 60.9 Å². The molecule has 0 aliphatic rings. The van der Waals surface area contributed by atoms with Gasteiger partial charge < -0.3 is 15.4 Å². The minimum absolute atomic E-state index is 0.156. The number of carbonyl (C=O) groups is 2. The minimum atomic E-state index is -0.433. The van der Waals surface area contributed by atoms with Crippen LogP contribution in [0.2, 0.25) is 5.02 Å². The summed E-state index contributed by atoms with van der Waals surface area (Å²) in [6, 6.07) is 13.6. The van der Waals surface area contributed by atoms with Crippen LogP contribution >= 0.6 is 11.6 Å². The fraction of sp³-hybridized carbons (Fsp3) is 0.0526. The average molecular weight is 383 g/mol. The molecule has 136 valence electrons. The molecule has 7 nitrogen and oxygen atoms in total. The molecule has 1 aromatic heterocycles. The molecule has 8 heteroatoms. The molecule has 0 atom stereocenters. The Hall–Kier alpha value is -3.45. The third-order valence-corrected chi connectivity index (χ3v) is 3.76. The largest absolute Gasteiger partial charge is 0.465 e. The van der Waals surface area contributed by atoms with Crippen molar-refractivity contribution in [1.29, 1.82) is 0 Å². The third kappa shape index (κ3) is 4.80. The van der Waals surface area contributed by atoms with E-state index in [0.29, 0.717) is 27.8 Å². The van der Waals surface area contributed by atoms with E-state index in [4.69, 9.17) is 16.3 Å². The first-order valence-electron chi connectivity index (χ1n) is 7.89. The van der Waals surface area contributed by atoms with E-state index >= 15 is 0 Å². The van der Waals surface area contributed by atoms with Crippen molar-refractivity contribution in [3.8, 4) is 0 Å². The number of halogens is 1. The summed E-state index contributed by atoms with van der Waals surface area (Å²) < 4.78 is 4.69. The van der Waals surface area contributed by atoms with Crippen molar-refractivity contribution >= 4 is 40.7 Å². The molecular weight excluding hydrogens is 368 g/mol. The van der Waals surface area contributed by atoms with Crippen molar-refractivity contribution < 1.29 is 14.3 Å². The van der Waals surface area contributed by atoms with E-state index in [9.17, 15) is 9.59 Å². The molecule has 0 fully saturated rings. The Labute approximate surface area is 160 Å². The number of anilines is 3. The molecule has 2 aromatic carbocycles. The van der Waals surface area contributed by atoms with Gasteiger partial charge in [-0.25, -0.2) is 14.8 Å². The van der Waals surface area contributed by atoms with Crippen molar-refractivity contribution in [1.82, 2.24) is 9.97 Å². The van der Waals surface area contributed by atoms with E-state index in [1.165, 1.54) is 19.5 Å². The Morgan fingerprint density at radius 1 is 1.00 bits per heavy atom. The van der Waals surface area contributed by atoms with Gasteiger partial charge in [0.15, 0.2) is 0 Å². The third-order valence-electron chi connectivity index (χ3n) is 3.52. The molecule has 3 rings (SSSR count). The normalized spacial score (nSPS) is 10.1. The highest BCUT2D eigenvalue weighted by atomic mass is 35.5. The van der Waals surface area contributed by atoms with Gasteiger partial charge in [0, 0.05) is 16.4 Å². The molecule has 0 aliphatic carbocycles. The number of esters is 1. The van der Waals surface area contributed by atoms with Crippen molar-refractivity contribution in [3.05, 3.63) is 77.2 Å². The summed E-state index contributed by atoms with van der Waals surface area (Å²) in [5.74, 6) is -0.405. The van der Waals surface area contributed by atoms with Gasteiger partial charge in [0.1, 0.15) is 11.5 Å². The first-order valence-corrected chi connectivity index (χ1v) is 8.27. The highest BCUT2D eigenvalue weighted by Gasteiger charge is 2.10. The van der Waals surface area contributed by atoms with Crippen LogP contribution in [-0.2, 0) is 4.74 Å². The van der Waals surface area contributed by atoms with Crippen molar-refractivity contribution in [3.63, 3.8) is 0 Å². The molecule has 0 unspecified atom stereocenters. The van der Waals surface area contributed by atoms with Gasteiger partial charge in [-0.1, -0.05) is 23.7 Å². The lowest BCUT2D eigenvalue weighted by molar-refractivity contribution is 0.0600. The molecule has 3 aromatic rings. The summed E-state index contributed by atoms with van der Waals surface area (Å²) in [6.45, 7) is 0. The maximum Gasteiger partial charge on any atom is 0.337 e. The standard InChI is InChI=1S/C19H15ClN4O3/c1-27-19(26)12-4-2-6-14(8-12)23-17-11-21-16(10-22-17)18(25)24-15-7-3-5-13(20)9-15/h2-11H,1H3,(H,22,23)(H,24,25). The van der Waals surface area contributed by atoms with Crippen LogP contribution in [0.3, 0.4) is 0 Å². The van der Waals surface area contributed by atoms with Crippen LogP contribution in [0.25, 0.3) is 0 Å². The lowest BCUT2D eigenvalue weighted by Crippen LogP contribution is -2.14. The molecule has 0 saturated heterocycles. The highest BCUT2D eigenvalue weighted by Crippen LogP contribution is 2.17. The van der Waals surface area contributed by atoms with Crippen molar-refractivity contribution in [2.75, 3.05) is 17.7 Å². The number of amides is 1. The summed E-state index contributed by atoms with van der Waals surface area (Å²) in [5.41, 5.74) is 1.77. The van der Waals surface area contributed by atoms with E-state index in [0.717, 1.165) is 0 Å². The summed E-state index contributed by atoms with van der Waals surface area (Å²) in [6.07, 6.45) is 2.78. The number of hydrogen-bond acceptors (Lipinski definition) is 6. The van der Waals surface area contributed by atoms with Gasteiger partial charge in [0.2, 0.25) is 0 Å². The Balaban J connectivity index is 1.68. The van der Waals surface area contributed by atoms with E-state index in [-0.39, 0.29) is 5.69 Å². The monoisotopic (exact) mass is 382 g/mol. The molecular formula is C19H15ClN4O3. The van der Waals surface area contributed by atoms with Gasteiger partial charge in [-0.3, -0.25) is 4.79 Å². The lowest BCUT2D eigenvalue weighted by atomic mass is 10.2. The van der Waals surface area contributed by atoms with Gasteiger partial charge in [-0.15, -0.1) is 0 Å². The molecule has 0 bridgehead atoms. The van der Waals surface area contributed by atoms with Crippen LogP contribution in [-0.4, -0.2) is 29.0 Å². The quantitative estimate of drug-likeness (QED) is 0.650. The number of rotatable bonds is 5. The highest BCUT2D eigenvalue weighted by molar-refractivity contribution is 6.30. The Morgan fingerprint density at radius 3 is 2.48 bits per heavy atom. The maximum atomic E-state index is 12.2. The number of aromatic nitrogens is 2. The first-order chi connectivity index (χ1) is 13.0.